The van der Waals surface area contributed by atoms with Crippen molar-refractivity contribution < 1.29 is 42.8 Å². The smallest absolute Gasteiger partial charge is 0.416 e. The fourth-order valence-electron chi connectivity index (χ4n) is 3.52. The predicted octanol–water partition coefficient (Wildman–Crippen LogP) is 3.77. The maximum atomic E-state index is 12.8. The number of aliphatic carboxylic acids is 1. The summed E-state index contributed by atoms with van der Waals surface area (Å²) < 4.78 is 43.5. The second-order valence-electron chi connectivity index (χ2n) is 7.70. The fourth-order valence-corrected chi connectivity index (χ4v) is 3.52. The molecular formula is C23H27F3O6. The van der Waals surface area contributed by atoms with Crippen LogP contribution in [0.4, 0.5) is 13.2 Å². The fraction of sp³-hybridized carbons (Fsp3) is 0.478. The van der Waals surface area contributed by atoms with Crippen molar-refractivity contribution in [3.8, 4) is 5.75 Å². The lowest BCUT2D eigenvalue weighted by molar-refractivity contribution is -0.138. The number of hydrogen-bond donors (Lipinski definition) is 3. The number of carboxylic acid groups (broad SMARTS) is 1. The van der Waals surface area contributed by atoms with Gasteiger partial charge >= 0.3 is 12.1 Å². The molecule has 1 fully saturated rings. The van der Waals surface area contributed by atoms with E-state index in [4.69, 9.17) is 9.84 Å². The van der Waals surface area contributed by atoms with E-state index in [9.17, 15) is 33.0 Å². The highest BCUT2D eigenvalue weighted by atomic mass is 19.4. The molecule has 1 aliphatic rings. The number of ketones is 1. The van der Waals surface area contributed by atoms with E-state index in [0.717, 1.165) is 12.1 Å². The van der Waals surface area contributed by atoms with Crippen molar-refractivity contribution in [2.75, 3.05) is 6.61 Å². The van der Waals surface area contributed by atoms with Crippen molar-refractivity contribution in [3.05, 3.63) is 54.1 Å². The Bertz CT molecular complexity index is 833. The minimum atomic E-state index is -4.50. The first-order valence-electron chi connectivity index (χ1n) is 10.3. The number of benzene rings is 1. The van der Waals surface area contributed by atoms with Crippen LogP contribution >= 0.6 is 0 Å². The normalized spacial score (nSPS) is 22.7. The third-order valence-electron chi connectivity index (χ3n) is 5.19. The van der Waals surface area contributed by atoms with E-state index in [1.165, 1.54) is 18.2 Å². The van der Waals surface area contributed by atoms with Gasteiger partial charge in [-0.05, 0) is 37.5 Å². The summed E-state index contributed by atoms with van der Waals surface area (Å²) in [6.45, 7) is -0.289. The summed E-state index contributed by atoms with van der Waals surface area (Å²) >= 11 is 0. The van der Waals surface area contributed by atoms with Gasteiger partial charge in [0.05, 0.1) is 11.7 Å². The SMILES string of the molecule is O=C(O)CCC/C=C\C[C@H]1C(=O)C[C@H](O)[C@@H]1/C=C/[C@H](O)COc1cccc(C(F)(F)F)c1. The van der Waals surface area contributed by atoms with Crippen molar-refractivity contribution in [1.82, 2.24) is 0 Å². The summed E-state index contributed by atoms with van der Waals surface area (Å²) in [6, 6.07) is 4.32. The van der Waals surface area contributed by atoms with Gasteiger partial charge in [-0.1, -0.05) is 30.4 Å². The van der Waals surface area contributed by atoms with Gasteiger partial charge in [0.25, 0.3) is 0 Å². The first-order valence-corrected chi connectivity index (χ1v) is 10.3. The Morgan fingerprint density at radius 3 is 2.72 bits per heavy atom. The molecule has 0 bridgehead atoms. The van der Waals surface area contributed by atoms with Gasteiger partial charge in [-0.25, -0.2) is 0 Å². The number of hydrogen-bond acceptors (Lipinski definition) is 5. The minimum Gasteiger partial charge on any atom is -0.491 e. The molecule has 0 heterocycles. The van der Waals surface area contributed by atoms with Gasteiger partial charge in [0.1, 0.15) is 24.2 Å². The lowest BCUT2D eigenvalue weighted by atomic mass is 9.90. The van der Waals surface area contributed by atoms with Crippen LogP contribution in [0.5, 0.6) is 5.75 Å². The molecule has 4 atom stereocenters. The van der Waals surface area contributed by atoms with Crippen molar-refractivity contribution >= 4 is 11.8 Å². The van der Waals surface area contributed by atoms with Gasteiger partial charge in [-0.3, -0.25) is 9.59 Å². The van der Waals surface area contributed by atoms with Crippen LogP contribution in [0.3, 0.4) is 0 Å². The molecule has 0 saturated heterocycles. The van der Waals surface area contributed by atoms with Gasteiger partial charge in [0.15, 0.2) is 0 Å². The van der Waals surface area contributed by atoms with Crippen molar-refractivity contribution in [2.24, 2.45) is 11.8 Å². The van der Waals surface area contributed by atoms with Crippen LogP contribution < -0.4 is 4.74 Å². The molecule has 32 heavy (non-hydrogen) atoms. The number of halogens is 3. The van der Waals surface area contributed by atoms with Gasteiger partial charge in [0.2, 0.25) is 0 Å². The first-order chi connectivity index (χ1) is 15.1. The second kappa shape index (κ2) is 11.8. The number of carboxylic acids is 1. The van der Waals surface area contributed by atoms with Crippen LogP contribution in [0.15, 0.2) is 48.6 Å². The summed E-state index contributed by atoms with van der Waals surface area (Å²) in [4.78, 5) is 22.7. The van der Waals surface area contributed by atoms with Crippen molar-refractivity contribution in [2.45, 2.75) is 50.5 Å². The van der Waals surface area contributed by atoms with E-state index in [1.807, 2.05) is 0 Å². The molecule has 2 rings (SSSR count). The molecule has 0 amide bonds. The Morgan fingerprint density at radius 2 is 2.03 bits per heavy atom. The molecule has 1 aromatic rings. The van der Waals surface area contributed by atoms with Crippen LogP contribution in [0.1, 0.15) is 37.7 Å². The topological polar surface area (TPSA) is 104 Å². The maximum absolute atomic E-state index is 12.8. The molecule has 9 heteroatoms. The van der Waals surface area contributed by atoms with Gasteiger partial charge in [-0.15, -0.1) is 0 Å². The van der Waals surface area contributed by atoms with Crippen LogP contribution in [-0.4, -0.2) is 45.9 Å². The number of unbranched alkanes of at least 4 members (excludes halogenated alkanes) is 1. The molecule has 0 unspecified atom stereocenters. The highest BCUT2D eigenvalue weighted by Gasteiger charge is 2.39. The molecule has 0 aliphatic heterocycles. The Labute approximate surface area is 184 Å². The lowest BCUT2D eigenvalue weighted by Gasteiger charge is -2.17. The summed E-state index contributed by atoms with van der Waals surface area (Å²) in [6.07, 6.45) is 1.49. The Kier molecular flexibility index (Phi) is 9.46. The average molecular weight is 456 g/mol. The Hall–Kier alpha value is -2.65. The molecule has 0 radical (unpaired) electrons. The largest absolute Gasteiger partial charge is 0.491 e. The molecule has 6 nitrogen and oxygen atoms in total. The van der Waals surface area contributed by atoms with Crippen LogP contribution in [0.25, 0.3) is 0 Å². The standard InChI is InChI=1S/C23H27F3O6/c24-23(25,26)15-6-5-7-17(12-15)32-14-16(27)10-11-19-18(20(28)13-21(19)29)8-3-1-2-4-9-22(30)31/h1,3,5-7,10-12,16,18-19,21,27,29H,2,4,8-9,13-14H2,(H,30,31)/b3-1-,11-10+/t16-,18+,19+,21-/m0/s1. The van der Waals surface area contributed by atoms with E-state index < -0.39 is 41.8 Å². The Balaban J connectivity index is 1.88. The summed E-state index contributed by atoms with van der Waals surface area (Å²) in [5.74, 6) is -1.97. The molecule has 3 N–H and O–H groups in total. The van der Waals surface area contributed by atoms with Gasteiger partial charge in [-0.2, -0.15) is 13.2 Å². The van der Waals surface area contributed by atoms with Gasteiger partial charge < -0.3 is 20.1 Å². The summed E-state index contributed by atoms with van der Waals surface area (Å²) in [5.41, 5.74) is -0.855. The number of carbonyl (C=O) groups is 2. The number of carbonyl (C=O) groups excluding carboxylic acids is 1. The number of allylic oxidation sites excluding steroid dienone is 2. The van der Waals surface area contributed by atoms with Crippen LogP contribution in [0.2, 0.25) is 0 Å². The molecular weight excluding hydrogens is 429 g/mol. The maximum Gasteiger partial charge on any atom is 0.416 e. The first kappa shape index (κ1) is 25.6. The number of Topliss-reactive ketones (excluding diaryl/α,β-unsaturated/α-hetero) is 1. The minimum absolute atomic E-state index is 0.00333. The predicted molar refractivity (Wildman–Crippen MR) is 110 cm³/mol. The van der Waals surface area contributed by atoms with E-state index in [2.05, 4.69) is 0 Å². The monoisotopic (exact) mass is 456 g/mol. The molecule has 1 aromatic carbocycles. The highest BCUT2D eigenvalue weighted by molar-refractivity contribution is 5.84. The number of rotatable bonds is 11. The molecule has 1 aliphatic carbocycles. The van der Waals surface area contributed by atoms with Gasteiger partial charge in [0, 0.05) is 24.7 Å². The molecule has 0 aromatic heterocycles. The zero-order valence-electron chi connectivity index (χ0n) is 17.4. The lowest BCUT2D eigenvalue weighted by Crippen LogP contribution is -2.20. The number of aliphatic hydroxyl groups is 2. The molecule has 1 saturated carbocycles. The second-order valence-corrected chi connectivity index (χ2v) is 7.70. The third-order valence-corrected chi connectivity index (χ3v) is 5.19. The zero-order chi connectivity index (χ0) is 23.7. The average Bonchev–Trinajstić information content (AvgIpc) is 2.99. The number of aliphatic hydroxyl groups excluding tert-OH is 2. The quantitative estimate of drug-likeness (QED) is 0.346. The van der Waals surface area contributed by atoms with Crippen LogP contribution in [0, 0.1) is 11.8 Å². The third kappa shape index (κ3) is 8.12. The highest BCUT2D eigenvalue weighted by Crippen LogP contribution is 2.34. The number of alkyl halides is 3. The Morgan fingerprint density at radius 1 is 1.28 bits per heavy atom. The molecule has 176 valence electrons. The zero-order valence-corrected chi connectivity index (χ0v) is 17.4. The van der Waals surface area contributed by atoms with Crippen molar-refractivity contribution in [3.63, 3.8) is 0 Å². The number of ether oxygens (including phenoxy) is 1. The van der Waals surface area contributed by atoms with Crippen molar-refractivity contribution in [1.29, 1.82) is 0 Å². The van der Waals surface area contributed by atoms with E-state index in [1.54, 1.807) is 18.2 Å². The van der Waals surface area contributed by atoms with Crippen LogP contribution in [-0.2, 0) is 15.8 Å². The van der Waals surface area contributed by atoms with E-state index >= 15 is 0 Å². The molecule has 0 spiro atoms. The van der Waals surface area contributed by atoms with E-state index in [-0.39, 0.29) is 31.0 Å². The summed E-state index contributed by atoms with van der Waals surface area (Å²) in [7, 11) is 0. The summed E-state index contributed by atoms with van der Waals surface area (Å²) in [5, 5.41) is 28.9. The van der Waals surface area contributed by atoms with E-state index in [0.29, 0.717) is 19.3 Å².